The Morgan fingerprint density at radius 3 is 1.83 bits per heavy atom. The van der Waals surface area contributed by atoms with Crippen molar-refractivity contribution in [2.45, 2.75) is 63.1 Å². The normalized spacial score (nSPS) is 22.7. The molecular formula is C29H33Cl2F2N3O6. The number of rotatable bonds is 11. The second kappa shape index (κ2) is 13.3. The first-order valence-corrected chi connectivity index (χ1v) is 14.5. The van der Waals surface area contributed by atoms with Gasteiger partial charge in [0.05, 0.1) is 15.6 Å². The molecule has 0 unspecified atom stereocenters. The summed E-state index contributed by atoms with van der Waals surface area (Å²) in [5.74, 6) is -1.90. The standard InChI is InChI=1S/C29H33Cl2F2N3O6/c1-3-36(4-2)27(39)42-24-15-28(34-25(37)16-40-18-5-7-20(30)22(32)13-18)9-11-29(24,12-10-28)35-26(38)17-41-19-6-8-21(31)23(33)14-19/h5-8,13-14,24H,3-4,9-12,15-17H2,1-2H3,(H,34,37)(H,35,38)/t24-,28?,29?/m1/s1. The minimum Gasteiger partial charge on any atom is -0.484 e. The van der Waals surface area contributed by atoms with E-state index in [1.807, 2.05) is 13.8 Å². The molecule has 3 aliphatic carbocycles. The van der Waals surface area contributed by atoms with Crippen LogP contribution in [-0.4, -0.2) is 66.3 Å². The lowest BCUT2D eigenvalue weighted by Gasteiger charge is -2.57. The smallest absolute Gasteiger partial charge is 0.410 e. The molecule has 0 saturated heterocycles. The first-order valence-electron chi connectivity index (χ1n) is 13.7. The Labute approximate surface area is 252 Å². The van der Waals surface area contributed by atoms with E-state index in [0.29, 0.717) is 38.8 Å². The van der Waals surface area contributed by atoms with Crippen LogP contribution in [0, 0.1) is 11.6 Å². The van der Waals surface area contributed by atoms with Gasteiger partial charge in [0.15, 0.2) is 13.2 Å². The summed E-state index contributed by atoms with van der Waals surface area (Å²) in [5.41, 5.74) is -1.57. The van der Waals surface area contributed by atoms with Crippen molar-refractivity contribution in [2.24, 2.45) is 0 Å². The van der Waals surface area contributed by atoms with Crippen LogP contribution in [0.2, 0.25) is 10.0 Å². The van der Waals surface area contributed by atoms with E-state index in [1.165, 1.54) is 29.2 Å². The monoisotopic (exact) mass is 627 g/mol. The van der Waals surface area contributed by atoms with Gasteiger partial charge in [-0.15, -0.1) is 0 Å². The van der Waals surface area contributed by atoms with Gasteiger partial charge in [0.2, 0.25) is 0 Å². The zero-order valence-corrected chi connectivity index (χ0v) is 24.8. The number of carbonyl (C=O) groups is 3. The first-order chi connectivity index (χ1) is 20.0. The lowest BCUT2D eigenvalue weighted by Crippen LogP contribution is -2.71. The van der Waals surface area contributed by atoms with Crippen LogP contribution in [0.1, 0.15) is 46.0 Å². The molecule has 2 bridgehead atoms. The average molecular weight is 629 g/mol. The van der Waals surface area contributed by atoms with Crippen molar-refractivity contribution in [3.63, 3.8) is 0 Å². The highest BCUT2D eigenvalue weighted by Crippen LogP contribution is 2.48. The van der Waals surface area contributed by atoms with Gasteiger partial charge in [-0.1, -0.05) is 23.2 Å². The highest BCUT2D eigenvalue weighted by atomic mass is 35.5. The fourth-order valence-corrected chi connectivity index (χ4v) is 5.78. The van der Waals surface area contributed by atoms with Crippen LogP contribution in [0.3, 0.4) is 0 Å². The largest absolute Gasteiger partial charge is 0.484 e. The van der Waals surface area contributed by atoms with Crippen LogP contribution in [-0.2, 0) is 14.3 Å². The predicted octanol–water partition coefficient (Wildman–Crippen LogP) is 5.26. The Balaban J connectivity index is 1.43. The van der Waals surface area contributed by atoms with Crippen LogP contribution in [0.4, 0.5) is 13.6 Å². The third kappa shape index (κ3) is 7.36. The van der Waals surface area contributed by atoms with Crippen LogP contribution < -0.4 is 20.1 Å². The van der Waals surface area contributed by atoms with Crippen LogP contribution >= 0.6 is 23.2 Å². The summed E-state index contributed by atoms with van der Waals surface area (Å²) < 4.78 is 44.4. The average Bonchev–Trinajstić information content (AvgIpc) is 2.96. The van der Waals surface area contributed by atoms with Crippen molar-refractivity contribution in [2.75, 3.05) is 26.3 Å². The third-order valence-electron chi connectivity index (χ3n) is 7.87. The third-order valence-corrected chi connectivity index (χ3v) is 8.48. The number of benzene rings is 2. The number of nitrogens with zero attached hydrogens (tertiary/aromatic N) is 1. The molecule has 0 aromatic heterocycles. The second-order valence-corrected chi connectivity index (χ2v) is 11.3. The van der Waals surface area contributed by atoms with Crippen LogP contribution in [0.5, 0.6) is 11.5 Å². The molecule has 3 aliphatic rings. The lowest BCUT2D eigenvalue weighted by molar-refractivity contribution is -0.137. The molecule has 3 saturated carbocycles. The summed E-state index contributed by atoms with van der Waals surface area (Å²) >= 11 is 11.4. The van der Waals surface area contributed by atoms with Gasteiger partial charge in [0.25, 0.3) is 11.8 Å². The fourth-order valence-electron chi connectivity index (χ4n) is 5.54. The van der Waals surface area contributed by atoms with E-state index >= 15 is 0 Å². The van der Waals surface area contributed by atoms with Gasteiger partial charge >= 0.3 is 6.09 Å². The molecule has 2 aromatic rings. The zero-order valence-electron chi connectivity index (χ0n) is 23.3. The summed E-state index contributed by atoms with van der Waals surface area (Å²) in [6.45, 7) is 3.82. The molecule has 9 nitrogen and oxygen atoms in total. The molecule has 2 N–H and O–H groups in total. The van der Waals surface area contributed by atoms with Crippen molar-refractivity contribution in [3.05, 3.63) is 58.1 Å². The molecule has 13 heteroatoms. The minimum atomic E-state index is -0.877. The number of nitrogens with one attached hydrogen (secondary N) is 2. The van der Waals surface area contributed by atoms with Crippen LogP contribution in [0.25, 0.3) is 0 Å². The summed E-state index contributed by atoms with van der Waals surface area (Å²) in [5, 5.41) is 5.93. The molecule has 5 rings (SSSR count). The highest BCUT2D eigenvalue weighted by molar-refractivity contribution is 6.31. The molecule has 2 aromatic carbocycles. The molecule has 0 heterocycles. The van der Waals surface area contributed by atoms with Gasteiger partial charge in [0, 0.05) is 37.2 Å². The Bertz CT molecular complexity index is 1320. The van der Waals surface area contributed by atoms with Gasteiger partial charge in [-0.2, -0.15) is 0 Å². The van der Waals surface area contributed by atoms with E-state index in [1.54, 1.807) is 0 Å². The molecule has 42 heavy (non-hydrogen) atoms. The van der Waals surface area contributed by atoms with Crippen molar-refractivity contribution in [1.82, 2.24) is 15.5 Å². The number of ether oxygens (including phenoxy) is 3. The van der Waals surface area contributed by atoms with E-state index in [2.05, 4.69) is 10.6 Å². The summed E-state index contributed by atoms with van der Waals surface area (Å²) in [6, 6.07) is 7.78. The van der Waals surface area contributed by atoms with Gasteiger partial charge in [-0.05, 0) is 63.8 Å². The second-order valence-electron chi connectivity index (χ2n) is 10.5. The fraction of sp³-hybridized carbons (Fsp3) is 0.483. The van der Waals surface area contributed by atoms with E-state index in [-0.39, 0.29) is 41.2 Å². The van der Waals surface area contributed by atoms with Gasteiger partial charge < -0.3 is 29.7 Å². The lowest BCUT2D eigenvalue weighted by atomic mass is 9.59. The number of carbonyl (C=O) groups excluding carboxylic acids is 3. The van der Waals surface area contributed by atoms with E-state index in [4.69, 9.17) is 37.4 Å². The van der Waals surface area contributed by atoms with Gasteiger partial charge in [-0.25, -0.2) is 13.6 Å². The maximum atomic E-state index is 13.8. The Hall–Kier alpha value is -3.31. The van der Waals surface area contributed by atoms with Crippen molar-refractivity contribution in [1.29, 1.82) is 0 Å². The summed E-state index contributed by atoms with van der Waals surface area (Å²) in [4.78, 5) is 40.4. The maximum Gasteiger partial charge on any atom is 0.410 e. The molecule has 3 amide bonds. The highest BCUT2D eigenvalue weighted by Gasteiger charge is 2.57. The maximum absolute atomic E-state index is 13.8. The Morgan fingerprint density at radius 1 is 0.857 bits per heavy atom. The molecule has 1 atom stereocenters. The molecule has 0 radical (unpaired) electrons. The number of hydrogen-bond acceptors (Lipinski definition) is 6. The summed E-state index contributed by atoms with van der Waals surface area (Å²) in [6.07, 6.45) is 0.881. The van der Waals surface area contributed by atoms with Crippen molar-refractivity contribution in [3.8, 4) is 11.5 Å². The van der Waals surface area contributed by atoms with Gasteiger partial charge in [-0.3, -0.25) is 9.59 Å². The van der Waals surface area contributed by atoms with E-state index in [0.717, 1.165) is 12.1 Å². The SMILES string of the molecule is CCN(CC)C(=O)O[C@@H]1CC2(NC(=O)COc3ccc(Cl)c(F)c3)CCC1(NC(=O)COc1ccc(Cl)c(F)c1)CC2. The first kappa shape index (κ1) is 31.6. The topological polar surface area (TPSA) is 106 Å². The van der Waals surface area contributed by atoms with Crippen molar-refractivity contribution >= 4 is 41.1 Å². The predicted molar refractivity (Wildman–Crippen MR) is 152 cm³/mol. The summed E-state index contributed by atoms with van der Waals surface area (Å²) in [7, 11) is 0. The Kier molecular flexibility index (Phi) is 10.0. The van der Waals surface area contributed by atoms with Gasteiger partial charge in [0.1, 0.15) is 29.2 Å². The Morgan fingerprint density at radius 2 is 1.36 bits per heavy atom. The van der Waals surface area contributed by atoms with Crippen LogP contribution in [0.15, 0.2) is 36.4 Å². The zero-order chi connectivity index (χ0) is 30.5. The molecule has 0 aliphatic heterocycles. The minimum absolute atomic E-state index is 0.0542. The molecule has 3 fully saturated rings. The quantitative estimate of drug-likeness (QED) is 0.352. The molecule has 0 spiro atoms. The number of amides is 3. The molecule has 228 valence electrons. The van der Waals surface area contributed by atoms with E-state index < -0.39 is 46.7 Å². The number of hydrogen-bond donors (Lipinski definition) is 2. The molecular weight excluding hydrogens is 595 g/mol. The van der Waals surface area contributed by atoms with Crippen molar-refractivity contribution < 1.29 is 37.4 Å². The number of halogens is 4. The van der Waals surface area contributed by atoms with E-state index in [9.17, 15) is 23.2 Å². The number of fused-ring (bicyclic) bond motifs is 3.